The van der Waals surface area contributed by atoms with Gasteiger partial charge in [0.05, 0.1) is 17.7 Å². The van der Waals surface area contributed by atoms with Crippen LogP contribution in [0, 0.1) is 5.82 Å². The van der Waals surface area contributed by atoms with E-state index in [2.05, 4.69) is 25.8 Å². The molecule has 1 aromatic carbocycles. The highest BCUT2D eigenvalue weighted by Gasteiger charge is 2.28. The Morgan fingerprint density at radius 1 is 1.32 bits per heavy atom. The van der Waals surface area contributed by atoms with Crippen molar-refractivity contribution in [2.24, 2.45) is 0 Å². The molecule has 22 heavy (non-hydrogen) atoms. The summed E-state index contributed by atoms with van der Waals surface area (Å²) in [6.07, 6.45) is 1.96. The van der Waals surface area contributed by atoms with Crippen LogP contribution in [0.15, 0.2) is 30.5 Å². The zero-order chi connectivity index (χ0) is 15.6. The molecule has 0 amide bonds. The molecule has 1 atom stereocenters. The van der Waals surface area contributed by atoms with Gasteiger partial charge in [-0.1, -0.05) is 6.07 Å². The maximum Gasteiger partial charge on any atom is 0.249 e. The van der Waals surface area contributed by atoms with Crippen LogP contribution in [0.1, 0.15) is 6.42 Å². The summed E-state index contributed by atoms with van der Waals surface area (Å²) in [7, 11) is -2.96. The summed E-state index contributed by atoms with van der Waals surface area (Å²) in [6, 6.07) is 5.71. The molecular formula is C13H14FN5O2S. The summed E-state index contributed by atoms with van der Waals surface area (Å²) < 4.78 is 36.0. The molecule has 0 radical (unpaired) electrons. The number of aromatic nitrogens is 3. The molecular weight excluding hydrogens is 309 g/mol. The Morgan fingerprint density at radius 2 is 2.18 bits per heavy atom. The number of benzene rings is 1. The van der Waals surface area contributed by atoms with E-state index in [4.69, 9.17) is 0 Å². The van der Waals surface area contributed by atoms with E-state index < -0.39 is 9.84 Å². The van der Waals surface area contributed by atoms with Gasteiger partial charge in [0, 0.05) is 11.7 Å². The van der Waals surface area contributed by atoms with Gasteiger partial charge in [0.1, 0.15) is 5.82 Å². The van der Waals surface area contributed by atoms with Crippen molar-refractivity contribution in [1.29, 1.82) is 0 Å². The average Bonchev–Trinajstić information content (AvgIpc) is 2.78. The maximum absolute atomic E-state index is 13.1. The SMILES string of the molecule is O=S1(=O)CCC(Nc2cnnc(Nc3cccc(F)c3)n2)C1. The number of nitrogens with zero attached hydrogens (tertiary/aromatic N) is 3. The summed E-state index contributed by atoms with van der Waals surface area (Å²) in [5.41, 5.74) is 0.502. The number of rotatable bonds is 4. The molecule has 2 N–H and O–H groups in total. The molecule has 3 rings (SSSR count). The number of anilines is 3. The van der Waals surface area contributed by atoms with E-state index in [1.54, 1.807) is 12.1 Å². The van der Waals surface area contributed by atoms with E-state index in [0.717, 1.165) is 0 Å². The minimum atomic E-state index is -2.96. The maximum atomic E-state index is 13.1. The third-order valence-corrected chi connectivity index (χ3v) is 4.99. The molecule has 9 heteroatoms. The first kappa shape index (κ1) is 14.6. The van der Waals surface area contributed by atoms with Crippen molar-refractivity contribution < 1.29 is 12.8 Å². The van der Waals surface area contributed by atoms with E-state index in [1.165, 1.54) is 18.3 Å². The third-order valence-electron chi connectivity index (χ3n) is 3.22. The van der Waals surface area contributed by atoms with Crippen molar-refractivity contribution >= 4 is 27.3 Å². The van der Waals surface area contributed by atoms with Crippen LogP contribution in [-0.4, -0.2) is 41.1 Å². The molecule has 2 heterocycles. The van der Waals surface area contributed by atoms with E-state index in [0.29, 0.717) is 17.9 Å². The minimum absolute atomic E-state index is 0.0870. The zero-order valence-corrected chi connectivity index (χ0v) is 12.3. The lowest BCUT2D eigenvalue weighted by atomic mass is 10.3. The third kappa shape index (κ3) is 3.67. The van der Waals surface area contributed by atoms with Gasteiger partial charge in [0.25, 0.3) is 0 Å². The number of sulfone groups is 1. The van der Waals surface area contributed by atoms with Gasteiger partial charge in [0.2, 0.25) is 5.95 Å². The van der Waals surface area contributed by atoms with E-state index in [9.17, 15) is 12.8 Å². The van der Waals surface area contributed by atoms with E-state index in [-0.39, 0.29) is 29.3 Å². The second-order valence-electron chi connectivity index (χ2n) is 5.04. The summed E-state index contributed by atoms with van der Waals surface area (Å²) >= 11 is 0. The molecule has 1 aromatic heterocycles. The summed E-state index contributed by atoms with van der Waals surface area (Å²) in [5, 5.41) is 13.5. The van der Waals surface area contributed by atoms with Crippen molar-refractivity contribution in [3.63, 3.8) is 0 Å². The Bertz CT molecular complexity index is 784. The lowest BCUT2D eigenvalue weighted by molar-refractivity contribution is 0.602. The van der Waals surface area contributed by atoms with Crippen molar-refractivity contribution in [3.05, 3.63) is 36.3 Å². The molecule has 7 nitrogen and oxygen atoms in total. The minimum Gasteiger partial charge on any atom is -0.365 e. The lowest BCUT2D eigenvalue weighted by Crippen LogP contribution is -2.21. The Hall–Kier alpha value is -2.29. The van der Waals surface area contributed by atoms with Crippen molar-refractivity contribution in [2.45, 2.75) is 12.5 Å². The van der Waals surface area contributed by atoms with Gasteiger partial charge in [-0.2, -0.15) is 10.1 Å². The average molecular weight is 323 g/mol. The Balaban J connectivity index is 1.70. The molecule has 1 saturated heterocycles. The predicted octanol–water partition coefficient (Wildman–Crippen LogP) is 1.35. The van der Waals surface area contributed by atoms with E-state index >= 15 is 0 Å². The van der Waals surface area contributed by atoms with Crippen LogP contribution in [0.5, 0.6) is 0 Å². The van der Waals surface area contributed by atoms with Crippen molar-refractivity contribution in [2.75, 3.05) is 22.1 Å². The lowest BCUT2D eigenvalue weighted by Gasteiger charge is -2.11. The quantitative estimate of drug-likeness (QED) is 0.876. The van der Waals surface area contributed by atoms with Crippen LogP contribution in [0.3, 0.4) is 0 Å². The molecule has 2 aromatic rings. The Kier molecular flexibility index (Phi) is 3.88. The van der Waals surface area contributed by atoms with Crippen LogP contribution in [-0.2, 0) is 9.84 Å². The summed E-state index contributed by atoms with van der Waals surface area (Å²) in [6.45, 7) is 0. The highest BCUT2D eigenvalue weighted by atomic mass is 32.2. The molecule has 1 aliphatic rings. The Labute approximate surface area is 126 Å². The molecule has 0 saturated carbocycles. The van der Waals surface area contributed by atoms with Crippen LogP contribution in [0.2, 0.25) is 0 Å². The number of hydrogen-bond acceptors (Lipinski definition) is 7. The highest BCUT2D eigenvalue weighted by Crippen LogP contribution is 2.18. The predicted molar refractivity (Wildman–Crippen MR) is 80.2 cm³/mol. The monoisotopic (exact) mass is 323 g/mol. The normalized spacial score (nSPS) is 19.8. The van der Waals surface area contributed by atoms with E-state index in [1.807, 2.05) is 0 Å². The number of nitrogens with one attached hydrogen (secondary N) is 2. The Morgan fingerprint density at radius 3 is 2.91 bits per heavy atom. The fourth-order valence-corrected chi connectivity index (χ4v) is 3.91. The van der Waals surface area contributed by atoms with Crippen LogP contribution < -0.4 is 10.6 Å². The topological polar surface area (TPSA) is 96.9 Å². The van der Waals surface area contributed by atoms with Gasteiger partial charge in [-0.3, -0.25) is 0 Å². The number of hydrogen-bond donors (Lipinski definition) is 2. The molecule has 1 aliphatic heterocycles. The van der Waals surface area contributed by atoms with Gasteiger partial charge >= 0.3 is 0 Å². The van der Waals surface area contributed by atoms with Gasteiger partial charge < -0.3 is 10.6 Å². The molecule has 1 fully saturated rings. The molecule has 0 aliphatic carbocycles. The van der Waals surface area contributed by atoms with Gasteiger partial charge in [-0.15, -0.1) is 5.10 Å². The molecule has 116 valence electrons. The summed E-state index contributed by atoms with van der Waals surface area (Å²) in [5.74, 6) is 0.525. The second kappa shape index (κ2) is 5.84. The van der Waals surface area contributed by atoms with Gasteiger partial charge in [-0.25, -0.2) is 12.8 Å². The standard InChI is InChI=1S/C13H14FN5O2S/c14-9-2-1-3-10(6-9)17-13-18-12(7-15-19-13)16-11-4-5-22(20,21)8-11/h1-3,6-7,11H,4-5,8H2,(H2,16,17,18,19). The molecule has 0 bridgehead atoms. The first-order chi connectivity index (χ1) is 10.5. The highest BCUT2D eigenvalue weighted by molar-refractivity contribution is 7.91. The fourth-order valence-electron chi connectivity index (χ4n) is 2.24. The first-order valence-electron chi connectivity index (χ1n) is 6.69. The smallest absolute Gasteiger partial charge is 0.249 e. The van der Waals surface area contributed by atoms with Crippen LogP contribution in [0.25, 0.3) is 0 Å². The molecule has 1 unspecified atom stereocenters. The van der Waals surface area contributed by atoms with Gasteiger partial charge in [-0.05, 0) is 24.6 Å². The first-order valence-corrected chi connectivity index (χ1v) is 8.52. The van der Waals surface area contributed by atoms with Gasteiger partial charge in [0.15, 0.2) is 15.7 Å². The second-order valence-corrected chi connectivity index (χ2v) is 7.27. The van der Waals surface area contributed by atoms with Crippen LogP contribution >= 0.6 is 0 Å². The zero-order valence-electron chi connectivity index (χ0n) is 11.5. The van der Waals surface area contributed by atoms with Crippen molar-refractivity contribution in [3.8, 4) is 0 Å². The summed E-state index contributed by atoms with van der Waals surface area (Å²) in [4.78, 5) is 4.20. The van der Waals surface area contributed by atoms with Crippen LogP contribution in [0.4, 0.5) is 21.8 Å². The largest absolute Gasteiger partial charge is 0.365 e. The van der Waals surface area contributed by atoms with Crippen molar-refractivity contribution in [1.82, 2.24) is 15.2 Å². The molecule has 0 spiro atoms. The fraction of sp³-hybridized carbons (Fsp3) is 0.308. The number of halogens is 1.